The lowest BCUT2D eigenvalue weighted by Gasteiger charge is -2.11. The Balaban J connectivity index is 1.72. The van der Waals surface area contributed by atoms with Gasteiger partial charge in [-0.05, 0) is 51.0 Å². The van der Waals surface area contributed by atoms with Crippen LogP contribution in [-0.4, -0.2) is 23.7 Å². The van der Waals surface area contributed by atoms with Crippen LogP contribution in [0, 0.1) is 0 Å². The molecule has 0 aliphatic heterocycles. The van der Waals surface area contributed by atoms with E-state index in [1.165, 1.54) is 18.2 Å². The van der Waals surface area contributed by atoms with Crippen LogP contribution in [0.2, 0.25) is 5.02 Å². The number of aromatic carboxylic acids is 1. The predicted molar refractivity (Wildman–Crippen MR) is 101 cm³/mol. The number of hydrogen-bond donors (Lipinski definition) is 1. The minimum Gasteiger partial charge on any atom is -0.481 e. The van der Waals surface area contributed by atoms with Crippen molar-refractivity contribution >= 4 is 50.2 Å². The molecule has 0 heterocycles. The normalized spacial score (nSPS) is 10.5. The topological polar surface area (TPSA) is 72.8 Å². The first-order chi connectivity index (χ1) is 12.5. The highest BCUT2D eigenvalue weighted by atomic mass is 79.9. The fraction of sp³-hybridized carbons (Fsp3) is 0.0526. The van der Waals surface area contributed by atoms with Gasteiger partial charge in [0.05, 0.1) is 4.47 Å². The molecule has 0 radical (unpaired) electrons. The fourth-order valence-electron chi connectivity index (χ4n) is 2.37. The van der Waals surface area contributed by atoms with Crippen molar-refractivity contribution in [3.05, 3.63) is 69.7 Å². The van der Waals surface area contributed by atoms with Crippen LogP contribution in [0.3, 0.4) is 0 Å². The summed E-state index contributed by atoms with van der Waals surface area (Å²) >= 11 is 9.24. The molecule has 3 aromatic rings. The molecule has 0 unspecified atom stereocenters. The molecule has 0 bridgehead atoms. The lowest BCUT2D eigenvalue weighted by Crippen LogP contribution is -2.19. The molecule has 7 heteroatoms. The van der Waals surface area contributed by atoms with E-state index in [4.69, 9.17) is 26.2 Å². The molecule has 0 saturated carbocycles. The maximum absolute atomic E-state index is 12.0. The predicted octanol–water partition coefficient (Wildman–Crippen LogP) is 4.94. The van der Waals surface area contributed by atoms with Crippen molar-refractivity contribution in [3.63, 3.8) is 0 Å². The number of halogens is 2. The van der Waals surface area contributed by atoms with E-state index in [1.54, 1.807) is 6.07 Å². The van der Waals surface area contributed by atoms with Crippen molar-refractivity contribution in [2.75, 3.05) is 6.61 Å². The molecule has 0 amide bonds. The SMILES string of the molecule is O=C(COc1ccc2ccccc2c1Br)Oc1ccc(Cl)cc1C(=O)O. The third kappa shape index (κ3) is 3.98. The lowest BCUT2D eigenvalue weighted by molar-refractivity contribution is -0.136. The third-order valence-electron chi connectivity index (χ3n) is 3.57. The first-order valence-corrected chi connectivity index (χ1v) is 8.66. The van der Waals surface area contributed by atoms with Crippen LogP contribution in [0.15, 0.2) is 59.1 Å². The van der Waals surface area contributed by atoms with E-state index in [2.05, 4.69) is 15.9 Å². The number of ether oxygens (including phenoxy) is 2. The average Bonchev–Trinajstić information content (AvgIpc) is 2.62. The molecule has 1 N–H and O–H groups in total. The molecule has 5 nitrogen and oxygen atoms in total. The molecule has 3 aromatic carbocycles. The van der Waals surface area contributed by atoms with Crippen molar-refractivity contribution in [3.8, 4) is 11.5 Å². The number of fused-ring (bicyclic) bond motifs is 1. The van der Waals surface area contributed by atoms with E-state index < -0.39 is 11.9 Å². The minimum absolute atomic E-state index is 0.0897. The van der Waals surface area contributed by atoms with Gasteiger partial charge in [0.15, 0.2) is 6.61 Å². The largest absolute Gasteiger partial charge is 0.481 e. The van der Waals surface area contributed by atoms with Gasteiger partial charge in [0, 0.05) is 5.02 Å². The Kier molecular flexibility index (Phi) is 5.44. The van der Waals surface area contributed by atoms with Gasteiger partial charge in [-0.2, -0.15) is 0 Å². The zero-order chi connectivity index (χ0) is 18.7. The number of esters is 1. The summed E-state index contributed by atoms with van der Waals surface area (Å²) in [6, 6.07) is 15.3. The zero-order valence-electron chi connectivity index (χ0n) is 13.2. The van der Waals surface area contributed by atoms with Gasteiger partial charge in [-0.15, -0.1) is 0 Å². The molecular formula is C19H12BrClO5. The number of benzene rings is 3. The Hall–Kier alpha value is -2.57. The zero-order valence-corrected chi connectivity index (χ0v) is 15.6. The monoisotopic (exact) mass is 434 g/mol. The Bertz CT molecular complexity index is 1000. The standard InChI is InChI=1S/C19H12BrClO5/c20-18-13-4-2-1-3-11(13)5-7-16(18)25-10-17(22)26-15-8-6-12(21)9-14(15)19(23)24/h1-9H,10H2,(H,23,24). The van der Waals surface area contributed by atoms with E-state index in [9.17, 15) is 9.59 Å². The summed E-state index contributed by atoms with van der Waals surface area (Å²) in [5.74, 6) is -1.58. The van der Waals surface area contributed by atoms with Crippen molar-refractivity contribution in [2.45, 2.75) is 0 Å². The Labute approximate surface area is 162 Å². The van der Waals surface area contributed by atoms with Crippen LogP contribution in [0.5, 0.6) is 11.5 Å². The number of rotatable bonds is 5. The van der Waals surface area contributed by atoms with Gasteiger partial charge in [0.25, 0.3) is 0 Å². The first kappa shape index (κ1) is 18.2. The van der Waals surface area contributed by atoms with Crippen LogP contribution in [0.1, 0.15) is 10.4 Å². The van der Waals surface area contributed by atoms with Crippen molar-refractivity contribution in [1.82, 2.24) is 0 Å². The summed E-state index contributed by atoms with van der Waals surface area (Å²) < 4.78 is 11.3. The lowest BCUT2D eigenvalue weighted by atomic mass is 10.1. The Morgan fingerprint density at radius 1 is 1.04 bits per heavy atom. The second-order valence-electron chi connectivity index (χ2n) is 5.31. The molecule has 26 heavy (non-hydrogen) atoms. The Morgan fingerprint density at radius 3 is 2.54 bits per heavy atom. The minimum atomic E-state index is -1.24. The average molecular weight is 436 g/mol. The van der Waals surface area contributed by atoms with E-state index in [0.717, 1.165) is 15.2 Å². The molecule has 0 aliphatic carbocycles. The van der Waals surface area contributed by atoms with Crippen LogP contribution in [0.4, 0.5) is 0 Å². The fourth-order valence-corrected chi connectivity index (χ4v) is 3.15. The molecule has 0 atom stereocenters. The van der Waals surface area contributed by atoms with Gasteiger partial charge in [-0.1, -0.05) is 41.9 Å². The van der Waals surface area contributed by atoms with Crippen LogP contribution in [0.25, 0.3) is 10.8 Å². The number of carboxylic acid groups (broad SMARTS) is 1. The maximum Gasteiger partial charge on any atom is 0.349 e. The van der Waals surface area contributed by atoms with Gasteiger partial charge < -0.3 is 14.6 Å². The molecule has 0 saturated heterocycles. The van der Waals surface area contributed by atoms with Crippen LogP contribution < -0.4 is 9.47 Å². The summed E-state index contributed by atoms with van der Waals surface area (Å²) in [5.41, 5.74) is -0.197. The van der Waals surface area contributed by atoms with E-state index in [0.29, 0.717) is 5.75 Å². The van der Waals surface area contributed by atoms with Gasteiger partial charge in [-0.3, -0.25) is 0 Å². The highest BCUT2D eigenvalue weighted by molar-refractivity contribution is 9.10. The third-order valence-corrected chi connectivity index (χ3v) is 4.62. The van der Waals surface area contributed by atoms with Gasteiger partial charge in [0.2, 0.25) is 0 Å². The van der Waals surface area contributed by atoms with Gasteiger partial charge in [-0.25, -0.2) is 9.59 Å². The van der Waals surface area contributed by atoms with Gasteiger partial charge >= 0.3 is 11.9 Å². The number of carbonyl (C=O) groups excluding carboxylic acids is 1. The molecule has 0 fully saturated rings. The number of carbonyl (C=O) groups is 2. The second-order valence-corrected chi connectivity index (χ2v) is 6.54. The van der Waals surface area contributed by atoms with Crippen molar-refractivity contribution in [2.24, 2.45) is 0 Å². The van der Waals surface area contributed by atoms with Crippen molar-refractivity contribution in [1.29, 1.82) is 0 Å². The summed E-state index contributed by atoms with van der Waals surface area (Å²) in [5, 5.41) is 11.4. The van der Waals surface area contributed by atoms with E-state index >= 15 is 0 Å². The summed E-state index contributed by atoms with van der Waals surface area (Å²) in [6.07, 6.45) is 0. The van der Waals surface area contributed by atoms with Gasteiger partial charge in [0.1, 0.15) is 17.1 Å². The first-order valence-electron chi connectivity index (χ1n) is 7.49. The summed E-state index contributed by atoms with van der Waals surface area (Å²) in [7, 11) is 0. The Morgan fingerprint density at radius 2 is 1.77 bits per heavy atom. The van der Waals surface area contributed by atoms with E-state index in [1.807, 2.05) is 30.3 Å². The maximum atomic E-state index is 12.0. The molecular weight excluding hydrogens is 424 g/mol. The quantitative estimate of drug-likeness (QED) is 0.454. The van der Waals surface area contributed by atoms with Crippen molar-refractivity contribution < 1.29 is 24.2 Å². The molecule has 132 valence electrons. The van der Waals surface area contributed by atoms with Crippen LogP contribution >= 0.6 is 27.5 Å². The molecule has 3 rings (SSSR count). The molecule has 0 aliphatic rings. The molecule has 0 aromatic heterocycles. The number of carboxylic acids is 1. The van der Waals surface area contributed by atoms with Crippen LogP contribution in [-0.2, 0) is 4.79 Å². The smallest absolute Gasteiger partial charge is 0.349 e. The summed E-state index contributed by atoms with van der Waals surface area (Å²) in [4.78, 5) is 23.2. The molecule has 0 spiro atoms. The highest BCUT2D eigenvalue weighted by Crippen LogP contribution is 2.33. The number of hydrogen-bond acceptors (Lipinski definition) is 4. The highest BCUT2D eigenvalue weighted by Gasteiger charge is 2.16. The van der Waals surface area contributed by atoms with E-state index in [-0.39, 0.29) is 22.9 Å². The second kappa shape index (κ2) is 7.76. The summed E-state index contributed by atoms with van der Waals surface area (Å²) in [6.45, 7) is -0.376.